The SMILES string of the molecule is CC(C)Oc1ccc(C(=O)Nc2ccc(Cl)c(N)c2)cc1. The van der Waals surface area contributed by atoms with Gasteiger partial charge >= 0.3 is 0 Å². The minimum absolute atomic E-state index is 0.0988. The number of hydrogen-bond acceptors (Lipinski definition) is 3. The highest BCUT2D eigenvalue weighted by Crippen LogP contribution is 2.23. The Morgan fingerprint density at radius 1 is 1.19 bits per heavy atom. The molecule has 110 valence electrons. The van der Waals surface area contributed by atoms with Gasteiger partial charge in [0.1, 0.15) is 5.75 Å². The van der Waals surface area contributed by atoms with Gasteiger partial charge in [0.05, 0.1) is 16.8 Å². The number of amides is 1. The van der Waals surface area contributed by atoms with E-state index in [4.69, 9.17) is 22.1 Å². The number of carbonyl (C=O) groups is 1. The Labute approximate surface area is 128 Å². The fraction of sp³-hybridized carbons (Fsp3) is 0.188. The minimum atomic E-state index is -0.215. The largest absolute Gasteiger partial charge is 0.491 e. The second-order valence-corrected chi connectivity index (χ2v) is 5.29. The summed E-state index contributed by atoms with van der Waals surface area (Å²) in [6.45, 7) is 3.90. The van der Waals surface area contributed by atoms with Crippen molar-refractivity contribution in [3.05, 3.63) is 53.1 Å². The third kappa shape index (κ3) is 4.13. The van der Waals surface area contributed by atoms with Crippen LogP contribution in [0.2, 0.25) is 5.02 Å². The summed E-state index contributed by atoms with van der Waals surface area (Å²) in [5, 5.41) is 3.23. The van der Waals surface area contributed by atoms with Crippen LogP contribution in [-0.4, -0.2) is 12.0 Å². The predicted molar refractivity (Wildman–Crippen MR) is 86.0 cm³/mol. The molecule has 0 aliphatic rings. The molecule has 5 heteroatoms. The lowest BCUT2D eigenvalue weighted by Gasteiger charge is -2.10. The van der Waals surface area contributed by atoms with Gasteiger partial charge < -0.3 is 15.8 Å². The second-order valence-electron chi connectivity index (χ2n) is 4.88. The summed E-state index contributed by atoms with van der Waals surface area (Å²) in [5.74, 6) is 0.519. The summed E-state index contributed by atoms with van der Waals surface area (Å²) in [4.78, 5) is 12.1. The Balaban J connectivity index is 2.07. The molecule has 0 fully saturated rings. The van der Waals surface area contributed by atoms with E-state index in [0.717, 1.165) is 5.75 Å². The second kappa shape index (κ2) is 6.50. The van der Waals surface area contributed by atoms with E-state index in [1.807, 2.05) is 13.8 Å². The van der Waals surface area contributed by atoms with Crippen molar-refractivity contribution < 1.29 is 9.53 Å². The van der Waals surface area contributed by atoms with Crippen LogP contribution in [0.25, 0.3) is 0 Å². The summed E-state index contributed by atoms with van der Waals surface area (Å²) in [6.07, 6.45) is 0.0988. The highest BCUT2D eigenvalue weighted by atomic mass is 35.5. The van der Waals surface area contributed by atoms with Gasteiger partial charge in [-0.05, 0) is 56.3 Å². The molecule has 0 heterocycles. The van der Waals surface area contributed by atoms with Crippen LogP contribution in [0, 0.1) is 0 Å². The summed E-state index contributed by atoms with van der Waals surface area (Å²) in [7, 11) is 0. The third-order valence-corrected chi connectivity index (χ3v) is 3.09. The first-order valence-electron chi connectivity index (χ1n) is 6.59. The van der Waals surface area contributed by atoms with Gasteiger partial charge in [0.2, 0.25) is 0 Å². The molecule has 4 nitrogen and oxygen atoms in total. The lowest BCUT2D eigenvalue weighted by atomic mass is 10.2. The Hall–Kier alpha value is -2.20. The quantitative estimate of drug-likeness (QED) is 0.840. The van der Waals surface area contributed by atoms with Crippen LogP contribution < -0.4 is 15.8 Å². The van der Waals surface area contributed by atoms with Crippen LogP contribution in [0.1, 0.15) is 24.2 Å². The van der Waals surface area contributed by atoms with Crippen LogP contribution in [0.4, 0.5) is 11.4 Å². The van der Waals surface area contributed by atoms with Crippen LogP contribution >= 0.6 is 11.6 Å². The maximum atomic E-state index is 12.1. The number of nitrogens with one attached hydrogen (secondary N) is 1. The smallest absolute Gasteiger partial charge is 0.255 e. The van der Waals surface area contributed by atoms with Crippen LogP contribution in [-0.2, 0) is 0 Å². The van der Waals surface area contributed by atoms with E-state index in [2.05, 4.69) is 5.32 Å². The van der Waals surface area contributed by atoms with E-state index in [1.165, 1.54) is 0 Å². The standard InChI is InChI=1S/C16H17ClN2O2/c1-10(2)21-13-6-3-11(4-7-13)16(20)19-12-5-8-14(17)15(18)9-12/h3-10H,18H2,1-2H3,(H,19,20). The van der Waals surface area contributed by atoms with E-state index in [1.54, 1.807) is 42.5 Å². The molecule has 2 aromatic rings. The molecular formula is C16H17ClN2O2. The van der Waals surface area contributed by atoms with Crippen molar-refractivity contribution in [2.24, 2.45) is 0 Å². The Kier molecular flexibility index (Phi) is 4.70. The van der Waals surface area contributed by atoms with Gasteiger partial charge in [-0.15, -0.1) is 0 Å². The number of halogens is 1. The molecule has 1 amide bonds. The third-order valence-electron chi connectivity index (χ3n) is 2.74. The van der Waals surface area contributed by atoms with Gasteiger partial charge in [0.15, 0.2) is 0 Å². The van der Waals surface area contributed by atoms with Crippen molar-refractivity contribution in [2.45, 2.75) is 20.0 Å². The van der Waals surface area contributed by atoms with Crippen LogP contribution in [0.5, 0.6) is 5.75 Å². The summed E-state index contributed by atoms with van der Waals surface area (Å²) < 4.78 is 5.53. The molecule has 3 N–H and O–H groups in total. The monoisotopic (exact) mass is 304 g/mol. The summed E-state index contributed by atoms with van der Waals surface area (Å²) in [5.41, 5.74) is 7.27. The maximum Gasteiger partial charge on any atom is 0.255 e. The molecule has 0 aromatic heterocycles. The highest BCUT2D eigenvalue weighted by molar-refractivity contribution is 6.33. The molecule has 0 atom stereocenters. The molecule has 0 spiro atoms. The fourth-order valence-electron chi connectivity index (χ4n) is 1.78. The molecule has 0 radical (unpaired) electrons. The van der Waals surface area contributed by atoms with Gasteiger partial charge in [0.25, 0.3) is 5.91 Å². The van der Waals surface area contributed by atoms with Gasteiger partial charge in [0, 0.05) is 11.3 Å². The van der Waals surface area contributed by atoms with Crippen LogP contribution in [0.3, 0.4) is 0 Å². The lowest BCUT2D eigenvalue weighted by molar-refractivity contribution is 0.102. The summed E-state index contributed by atoms with van der Waals surface area (Å²) >= 11 is 5.84. The predicted octanol–water partition coefficient (Wildman–Crippen LogP) is 3.96. The van der Waals surface area contributed by atoms with E-state index in [-0.39, 0.29) is 12.0 Å². The lowest BCUT2D eigenvalue weighted by Crippen LogP contribution is -2.12. The molecule has 2 aromatic carbocycles. The average Bonchev–Trinajstić information content (AvgIpc) is 2.43. The number of hydrogen-bond donors (Lipinski definition) is 2. The number of carbonyl (C=O) groups excluding carboxylic acids is 1. The molecule has 0 saturated heterocycles. The van der Waals surface area contributed by atoms with E-state index in [0.29, 0.717) is 22.0 Å². The van der Waals surface area contributed by atoms with Gasteiger partial charge in [-0.25, -0.2) is 0 Å². The Bertz CT molecular complexity index is 639. The van der Waals surface area contributed by atoms with Gasteiger partial charge in [-0.1, -0.05) is 11.6 Å². The zero-order valence-electron chi connectivity index (χ0n) is 11.9. The van der Waals surface area contributed by atoms with Crippen molar-refractivity contribution in [3.63, 3.8) is 0 Å². The molecule has 0 saturated carbocycles. The molecule has 0 unspecified atom stereocenters. The maximum absolute atomic E-state index is 12.1. The zero-order chi connectivity index (χ0) is 15.4. The average molecular weight is 305 g/mol. The normalized spacial score (nSPS) is 10.5. The number of anilines is 2. The summed E-state index contributed by atoms with van der Waals surface area (Å²) in [6, 6.07) is 11.9. The first-order valence-corrected chi connectivity index (χ1v) is 6.96. The van der Waals surface area contributed by atoms with Crippen molar-refractivity contribution in [1.29, 1.82) is 0 Å². The van der Waals surface area contributed by atoms with Crippen molar-refractivity contribution in [1.82, 2.24) is 0 Å². The van der Waals surface area contributed by atoms with E-state index < -0.39 is 0 Å². The number of nitrogens with two attached hydrogens (primary N) is 1. The Morgan fingerprint density at radius 3 is 2.43 bits per heavy atom. The number of ether oxygens (including phenoxy) is 1. The molecule has 0 aliphatic heterocycles. The first-order chi connectivity index (χ1) is 9.95. The molecule has 0 aliphatic carbocycles. The Morgan fingerprint density at radius 2 is 1.86 bits per heavy atom. The number of rotatable bonds is 4. The van der Waals surface area contributed by atoms with Gasteiger partial charge in [-0.3, -0.25) is 4.79 Å². The number of nitrogen functional groups attached to an aromatic ring is 1. The van der Waals surface area contributed by atoms with E-state index in [9.17, 15) is 4.79 Å². The topological polar surface area (TPSA) is 64.3 Å². The minimum Gasteiger partial charge on any atom is -0.491 e. The number of benzene rings is 2. The van der Waals surface area contributed by atoms with Crippen molar-refractivity contribution >= 4 is 28.9 Å². The van der Waals surface area contributed by atoms with Crippen molar-refractivity contribution in [2.75, 3.05) is 11.1 Å². The van der Waals surface area contributed by atoms with Gasteiger partial charge in [-0.2, -0.15) is 0 Å². The fourth-order valence-corrected chi connectivity index (χ4v) is 1.90. The zero-order valence-corrected chi connectivity index (χ0v) is 12.6. The highest BCUT2D eigenvalue weighted by Gasteiger charge is 2.07. The van der Waals surface area contributed by atoms with Crippen LogP contribution in [0.15, 0.2) is 42.5 Å². The molecule has 0 bridgehead atoms. The molecular weight excluding hydrogens is 288 g/mol. The van der Waals surface area contributed by atoms with E-state index >= 15 is 0 Å². The first kappa shape index (κ1) is 15.2. The van der Waals surface area contributed by atoms with Crippen molar-refractivity contribution in [3.8, 4) is 5.75 Å². The molecule has 2 rings (SSSR count). The molecule has 21 heavy (non-hydrogen) atoms.